The van der Waals surface area contributed by atoms with Crippen molar-refractivity contribution in [2.24, 2.45) is 5.92 Å². The highest BCUT2D eigenvalue weighted by atomic mass is 16.5. The van der Waals surface area contributed by atoms with Crippen LogP contribution < -0.4 is 5.32 Å². The minimum Gasteiger partial charge on any atom is -0.374 e. The zero-order valence-electron chi connectivity index (χ0n) is 5.47. The van der Waals surface area contributed by atoms with Crippen LogP contribution in [0.3, 0.4) is 0 Å². The zero-order valence-corrected chi connectivity index (χ0v) is 5.47. The number of rotatable bonds is 0. The standard InChI is InChI=1S/C7H11NO/c1-2-7-5-8-3-4-9-6-7/h1,7-8H,3-6H2/p+1. The SMILES string of the molecule is C#CC1C[NH2+]CCOC1. The van der Waals surface area contributed by atoms with Gasteiger partial charge in [-0.2, -0.15) is 0 Å². The van der Waals surface area contributed by atoms with Crippen LogP contribution in [0.1, 0.15) is 0 Å². The molecule has 0 aromatic rings. The van der Waals surface area contributed by atoms with E-state index in [1.165, 1.54) is 0 Å². The Morgan fingerprint density at radius 1 is 1.67 bits per heavy atom. The molecule has 2 heteroatoms. The molecule has 0 aromatic carbocycles. The van der Waals surface area contributed by atoms with Gasteiger partial charge in [0.2, 0.25) is 0 Å². The number of nitrogens with two attached hydrogens (primary N) is 1. The maximum atomic E-state index is 5.22. The van der Waals surface area contributed by atoms with Crippen LogP contribution in [0.25, 0.3) is 0 Å². The fourth-order valence-electron chi connectivity index (χ4n) is 0.895. The van der Waals surface area contributed by atoms with E-state index in [9.17, 15) is 0 Å². The van der Waals surface area contributed by atoms with E-state index in [0.29, 0.717) is 5.92 Å². The first-order valence-electron chi connectivity index (χ1n) is 3.29. The first kappa shape index (κ1) is 6.60. The predicted octanol–water partition coefficient (Wildman–Crippen LogP) is -1.17. The molecular formula is C7H12NO+. The molecule has 0 aliphatic carbocycles. The van der Waals surface area contributed by atoms with Gasteiger partial charge in [-0.05, 0) is 0 Å². The summed E-state index contributed by atoms with van der Waals surface area (Å²) in [6.45, 7) is 3.67. The van der Waals surface area contributed by atoms with E-state index in [1.54, 1.807) is 0 Å². The van der Waals surface area contributed by atoms with E-state index < -0.39 is 0 Å². The smallest absolute Gasteiger partial charge is 0.0993 e. The molecule has 2 nitrogen and oxygen atoms in total. The summed E-state index contributed by atoms with van der Waals surface area (Å²) >= 11 is 0. The molecule has 1 atom stereocenters. The monoisotopic (exact) mass is 126 g/mol. The zero-order chi connectivity index (χ0) is 6.53. The van der Waals surface area contributed by atoms with Gasteiger partial charge in [0.1, 0.15) is 0 Å². The van der Waals surface area contributed by atoms with Crippen molar-refractivity contribution in [1.29, 1.82) is 0 Å². The van der Waals surface area contributed by atoms with Crippen molar-refractivity contribution in [3.63, 3.8) is 0 Å². The normalized spacial score (nSPS) is 28.6. The lowest BCUT2D eigenvalue weighted by atomic mass is 10.2. The highest BCUT2D eigenvalue weighted by Gasteiger charge is 2.10. The van der Waals surface area contributed by atoms with Crippen LogP contribution >= 0.6 is 0 Å². The molecular weight excluding hydrogens is 114 g/mol. The number of hydrogen-bond acceptors (Lipinski definition) is 1. The van der Waals surface area contributed by atoms with Gasteiger partial charge in [0.25, 0.3) is 0 Å². The molecule has 1 rings (SSSR count). The number of quaternary nitrogens is 1. The second-order valence-corrected chi connectivity index (χ2v) is 2.25. The van der Waals surface area contributed by atoms with Gasteiger partial charge in [-0.3, -0.25) is 0 Å². The Kier molecular flexibility index (Phi) is 2.56. The molecule has 9 heavy (non-hydrogen) atoms. The van der Waals surface area contributed by atoms with Gasteiger partial charge < -0.3 is 10.1 Å². The summed E-state index contributed by atoms with van der Waals surface area (Å²) < 4.78 is 5.22. The van der Waals surface area contributed by atoms with Gasteiger partial charge in [-0.25, -0.2) is 0 Å². The van der Waals surface area contributed by atoms with Crippen molar-refractivity contribution >= 4 is 0 Å². The van der Waals surface area contributed by atoms with Gasteiger partial charge in [-0.15, -0.1) is 6.42 Å². The van der Waals surface area contributed by atoms with Crippen LogP contribution in [0.2, 0.25) is 0 Å². The number of ether oxygens (including phenoxy) is 1. The lowest BCUT2D eigenvalue weighted by Gasteiger charge is -2.00. The summed E-state index contributed by atoms with van der Waals surface area (Å²) in [6, 6.07) is 0. The molecule has 0 spiro atoms. The summed E-state index contributed by atoms with van der Waals surface area (Å²) in [7, 11) is 0. The number of terminal acetylenes is 1. The van der Waals surface area contributed by atoms with Gasteiger partial charge in [-0.1, -0.05) is 5.92 Å². The van der Waals surface area contributed by atoms with Gasteiger partial charge >= 0.3 is 0 Å². The minimum atomic E-state index is 0.326. The molecule has 1 saturated heterocycles. The van der Waals surface area contributed by atoms with Gasteiger partial charge in [0, 0.05) is 0 Å². The van der Waals surface area contributed by atoms with E-state index >= 15 is 0 Å². The lowest BCUT2D eigenvalue weighted by molar-refractivity contribution is -0.655. The Morgan fingerprint density at radius 3 is 3.33 bits per heavy atom. The van der Waals surface area contributed by atoms with Crippen LogP contribution in [-0.2, 0) is 4.74 Å². The van der Waals surface area contributed by atoms with Crippen LogP contribution in [0, 0.1) is 18.3 Å². The van der Waals surface area contributed by atoms with E-state index in [-0.39, 0.29) is 0 Å². The van der Waals surface area contributed by atoms with Crippen molar-refractivity contribution < 1.29 is 10.1 Å². The first-order valence-corrected chi connectivity index (χ1v) is 3.29. The first-order chi connectivity index (χ1) is 4.43. The molecule has 0 bridgehead atoms. The van der Waals surface area contributed by atoms with Crippen LogP contribution in [0.5, 0.6) is 0 Å². The summed E-state index contributed by atoms with van der Waals surface area (Å²) in [5, 5.41) is 2.21. The van der Waals surface area contributed by atoms with Gasteiger partial charge in [0.05, 0.1) is 32.2 Å². The summed E-state index contributed by atoms with van der Waals surface area (Å²) in [5.41, 5.74) is 0. The fourth-order valence-corrected chi connectivity index (χ4v) is 0.895. The Hall–Kier alpha value is -0.520. The average Bonchev–Trinajstić information content (AvgIpc) is 2.13. The minimum absolute atomic E-state index is 0.326. The molecule has 50 valence electrons. The molecule has 0 saturated carbocycles. The maximum absolute atomic E-state index is 5.22. The van der Waals surface area contributed by atoms with E-state index in [1.807, 2.05) is 0 Å². The maximum Gasteiger partial charge on any atom is 0.0993 e. The topological polar surface area (TPSA) is 25.8 Å². The van der Waals surface area contributed by atoms with Crippen molar-refractivity contribution in [3.05, 3.63) is 0 Å². The van der Waals surface area contributed by atoms with E-state index in [2.05, 4.69) is 11.2 Å². The summed E-state index contributed by atoms with van der Waals surface area (Å²) in [4.78, 5) is 0. The second kappa shape index (κ2) is 3.49. The average molecular weight is 126 g/mol. The molecule has 0 aromatic heterocycles. The van der Waals surface area contributed by atoms with Crippen molar-refractivity contribution in [1.82, 2.24) is 0 Å². The predicted molar refractivity (Wildman–Crippen MR) is 34.8 cm³/mol. The number of hydrogen-bond donors (Lipinski definition) is 1. The third kappa shape index (κ3) is 2.05. The van der Waals surface area contributed by atoms with Crippen LogP contribution in [0.4, 0.5) is 0 Å². The highest BCUT2D eigenvalue weighted by molar-refractivity contribution is 4.92. The Balaban J connectivity index is 2.29. The molecule has 0 radical (unpaired) electrons. The van der Waals surface area contributed by atoms with Crippen molar-refractivity contribution in [2.75, 3.05) is 26.3 Å². The van der Waals surface area contributed by atoms with Gasteiger partial charge in [0.15, 0.2) is 0 Å². The van der Waals surface area contributed by atoms with Crippen molar-refractivity contribution in [2.45, 2.75) is 0 Å². The second-order valence-electron chi connectivity index (χ2n) is 2.25. The van der Waals surface area contributed by atoms with Crippen molar-refractivity contribution in [3.8, 4) is 12.3 Å². The third-order valence-electron chi connectivity index (χ3n) is 1.47. The molecule has 2 N–H and O–H groups in total. The fraction of sp³-hybridized carbons (Fsp3) is 0.714. The Labute approximate surface area is 55.6 Å². The summed E-state index contributed by atoms with van der Waals surface area (Å²) in [5.74, 6) is 3.01. The quantitative estimate of drug-likeness (QED) is 0.407. The summed E-state index contributed by atoms with van der Waals surface area (Å²) in [6.07, 6.45) is 5.22. The lowest BCUT2D eigenvalue weighted by Crippen LogP contribution is -2.85. The molecule has 1 aliphatic heterocycles. The highest BCUT2D eigenvalue weighted by Crippen LogP contribution is 1.92. The molecule has 1 unspecified atom stereocenters. The van der Waals surface area contributed by atoms with E-state index in [0.717, 1.165) is 26.3 Å². The molecule has 1 fully saturated rings. The van der Waals surface area contributed by atoms with Crippen LogP contribution in [0.15, 0.2) is 0 Å². The van der Waals surface area contributed by atoms with Crippen LogP contribution in [-0.4, -0.2) is 26.3 Å². The Morgan fingerprint density at radius 2 is 2.56 bits per heavy atom. The molecule has 1 aliphatic rings. The van der Waals surface area contributed by atoms with E-state index in [4.69, 9.17) is 11.2 Å². The largest absolute Gasteiger partial charge is 0.374 e. The molecule has 1 heterocycles. The third-order valence-corrected chi connectivity index (χ3v) is 1.47. The molecule has 0 amide bonds. The Bertz CT molecular complexity index is 109.